The highest BCUT2D eigenvalue weighted by Gasteiger charge is 2.38. The van der Waals surface area contributed by atoms with Crippen molar-refractivity contribution in [3.8, 4) is 0 Å². The molecule has 1 fully saturated rings. The van der Waals surface area contributed by atoms with Crippen LogP contribution in [0.4, 0.5) is 0 Å². The second-order valence-electron chi connectivity index (χ2n) is 8.73. The van der Waals surface area contributed by atoms with E-state index >= 15 is 0 Å². The molecule has 1 amide bonds. The van der Waals surface area contributed by atoms with Gasteiger partial charge in [0, 0.05) is 12.0 Å². The van der Waals surface area contributed by atoms with Crippen LogP contribution < -0.4 is 11.1 Å². The first-order valence-corrected chi connectivity index (χ1v) is 11.5. The highest BCUT2D eigenvalue weighted by atomic mass is 16.5. The number of hydrogen-bond donors (Lipinski definition) is 3. The number of esters is 1. The molecular weight excluding hydrogens is 436 g/mol. The number of carbonyl (C=O) groups is 2. The smallest absolute Gasteiger partial charge is 0.330 e. The Kier molecular flexibility index (Phi) is 9.18. The molecule has 183 valence electrons. The van der Waals surface area contributed by atoms with Gasteiger partial charge in [-0.05, 0) is 43.0 Å². The summed E-state index contributed by atoms with van der Waals surface area (Å²) in [7, 11) is 0. The molecule has 2 aromatic carbocycles. The second kappa shape index (κ2) is 12.1. The summed E-state index contributed by atoms with van der Waals surface area (Å²) in [6, 6.07) is 13.1. The summed E-state index contributed by atoms with van der Waals surface area (Å²) in [6.07, 6.45) is -0.960. The van der Waals surface area contributed by atoms with Gasteiger partial charge in [-0.3, -0.25) is 4.79 Å². The van der Waals surface area contributed by atoms with Crippen molar-refractivity contribution < 1.29 is 29.3 Å². The van der Waals surface area contributed by atoms with Gasteiger partial charge < -0.3 is 25.4 Å². The van der Waals surface area contributed by atoms with Crippen molar-refractivity contribution in [1.29, 1.82) is 0 Å². The van der Waals surface area contributed by atoms with Crippen LogP contribution in [0.5, 0.6) is 0 Å². The molecule has 0 spiro atoms. The van der Waals surface area contributed by atoms with E-state index in [1.54, 1.807) is 13.8 Å². The Balaban J connectivity index is 1.48. The number of amides is 1. The summed E-state index contributed by atoms with van der Waals surface area (Å²) >= 11 is 0. The molecule has 8 nitrogen and oxygen atoms in total. The van der Waals surface area contributed by atoms with Crippen LogP contribution in [0.2, 0.25) is 0 Å². The zero-order valence-electron chi connectivity index (χ0n) is 19.6. The molecule has 1 radical (unpaired) electrons. The highest BCUT2D eigenvalue weighted by Crippen LogP contribution is 2.25. The van der Waals surface area contributed by atoms with E-state index in [-0.39, 0.29) is 26.2 Å². The molecule has 4 N–H and O–H groups in total. The van der Waals surface area contributed by atoms with Gasteiger partial charge in [-0.25, -0.2) is 10.1 Å². The zero-order chi connectivity index (χ0) is 24.7. The van der Waals surface area contributed by atoms with Gasteiger partial charge in [0.05, 0.1) is 38.0 Å². The Morgan fingerprint density at radius 1 is 1.21 bits per heavy atom. The topological polar surface area (TPSA) is 133 Å². The van der Waals surface area contributed by atoms with Gasteiger partial charge in [-0.2, -0.15) is 0 Å². The molecule has 2 aromatic rings. The van der Waals surface area contributed by atoms with Crippen molar-refractivity contribution in [3.05, 3.63) is 59.7 Å². The largest absolute Gasteiger partial charge is 0.463 e. The third kappa shape index (κ3) is 6.87. The molecule has 0 bridgehead atoms. The fourth-order valence-corrected chi connectivity index (χ4v) is 4.08. The van der Waals surface area contributed by atoms with E-state index in [1.165, 1.54) is 6.08 Å². The van der Waals surface area contributed by atoms with Gasteiger partial charge in [0.15, 0.2) is 0 Å². The van der Waals surface area contributed by atoms with E-state index in [9.17, 15) is 19.8 Å². The Labute approximate surface area is 199 Å². The molecule has 5 atom stereocenters. The van der Waals surface area contributed by atoms with Gasteiger partial charge in [0.2, 0.25) is 0 Å². The molecule has 1 aliphatic heterocycles. The van der Waals surface area contributed by atoms with Crippen molar-refractivity contribution in [2.24, 2.45) is 11.7 Å². The number of hydrogen-bond acceptors (Lipinski definition) is 7. The lowest BCUT2D eigenvalue weighted by Gasteiger charge is -2.37. The average Bonchev–Trinajstić information content (AvgIpc) is 2.81. The zero-order valence-corrected chi connectivity index (χ0v) is 19.6. The monoisotopic (exact) mass is 469 g/mol. The van der Waals surface area contributed by atoms with Crippen molar-refractivity contribution in [2.75, 3.05) is 19.8 Å². The molecule has 8 heteroatoms. The molecule has 1 heterocycles. The quantitative estimate of drug-likeness (QED) is 0.374. The van der Waals surface area contributed by atoms with Gasteiger partial charge >= 0.3 is 5.97 Å². The molecular formula is C26H33N2O6. The van der Waals surface area contributed by atoms with Crippen LogP contribution in [-0.4, -0.2) is 66.2 Å². The molecule has 3 rings (SSSR count). The van der Waals surface area contributed by atoms with Gasteiger partial charge in [0.1, 0.15) is 6.10 Å². The number of nitrogens with two attached hydrogens (primary N) is 1. The van der Waals surface area contributed by atoms with Crippen molar-refractivity contribution in [2.45, 2.75) is 51.0 Å². The van der Waals surface area contributed by atoms with Crippen molar-refractivity contribution in [3.63, 3.8) is 0 Å². The molecule has 0 unspecified atom stereocenters. The summed E-state index contributed by atoms with van der Waals surface area (Å²) in [5.41, 5.74) is 7.70. The maximum Gasteiger partial charge on any atom is 0.330 e. The molecule has 1 aliphatic rings. The highest BCUT2D eigenvalue weighted by molar-refractivity contribution is 5.84. The molecule has 34 heavy (non-hydrogen) atoms. The minimum absolute atomic E-state index is 0.00679. The SMILES string of the molecule is CCOC(=O)/C=C(\C)C[C@@H]1OC[C@@H](C[N]C(=O)[C@@H](N)Cc2ccc3ccccc3c2)[C@@H](O)[C@H]1O. The third-order valence-electron chi connectivity index (χ3n) is 5.98. The summed E-state index contributed by atoms with van der Waals surface area (Å²) in [5.74, 6) is -1.44. The molecule has 0 aliphatic carbocycles. The van der Waals surface area contributed by atoms with E-state index in [4.69, 9.17) is 15.2 Å². The number of aliphatic hydroxyl groups is 2. The number of nitrogens with zero attached hydrogens (tertiary/aromatic N) is 1. The fourth-order valence-electron chi connectivity index (χ4n) is 4.08. The predicted octanol–water partition coefficient (Wildman–Crippen LogP) is 1.48. The number of benzene rings is 2. The van der Waals surface area contributed by atoms with Crippen LogP contribution in [0, 0.1) is 5.92 Å². The normalized spacial score (nSPS) is 24.0. The van der Waals surface area contributed by atoms with Gasteiger partial charge in [-0.1, -0.05) is 48.0 Å². The van der Waals surface area contributed by atoms with Crippen LogP contribution in [0.1, 0.15) is 25.8 Å². The van der Waals surface area contributed by atoms with E-state index < -0.39 is 42.1 Å². The predicted molar refractivity (Wildman–Crippen MR) is 128 cm³/mol. The number of rotatable bonds is 9. The van der Waals surface area contributed by atoms with Gasteiger partial charge in [-0.15, -0.1) is 0 Å². The minimum Gasteiger partial charge on any atom is -0.463 e. The third-order valence-corrected chi connectivity index (χ3v) is 5.98. The number of ether oxygens (including phenoxy) is 2. The van der Waals surface area contributed by atoms with E-state index in [2.05, 4.69) is 5.32 Å². The second-order valence-corrected chi connectivity index (χ2v) is 8.73. The number of carbonyl (C=O) groups excluding carboxylic acids is 2. The summed E-state index contributed by atoms with van der Waals surface area (Å²) in [4.78, 5) is 24.0. The van der Waals surface area contributed by atoms with E-state index in [1.807, 2.05) is 42.5 Å². The number of fused-ring (bicyclic) bond motifs is 1. The maximum atomic E-state index is 12.5. The average molecular weight is 470 g/mol. The lowest BCUT2D eigenvalue weighted by Crippen LogP contribution is -2.53. The lowest BCUT2D eigenvalue weighted by molar-refractivity contribution is -0.163. The van der Waals surface area contributed by atoms with E-state index in [0.717, 1.165) is 16.3 Å². The summed E-state index contributed by atoms with van der Waals surface area (Å²) < 4.78 is 10.6. The Morgan fingerprint density at radius 3 is 2.68 bits per heavy atom. The summed E-state index contributed by atoms with van der Waals surface area (Å²) in [5, 5.41) is 27.3. The maximum absolute atomic E-state index is 12.5. The van der Waals surface area contributed by atoms with E-state index in [0.29, 0.717) is 12.0 Å². The fraction of sp³-hybridized carbons (Fsp3) is 0.462. The van der Waals surface area contributed by atoms with Crippen LogP contribution in [0.3, 0.4) is 0 Å². The van der Waals surface area contributed by atoms with Crippen LogP contribution in [-0.2, 0) is 25.5 Å². The van der Waals surface area contributed by atoms with Crippen molar-refractivity contribution >= 4 is 22.6 Å². The van der Waals surface area contributed by atoms with Crippen LogP contribution >= 0.6 is 0 Å². The first-order chi connectivity index (χ1) is 16.3. The molecule has 0 aromatic heterocycles. The Bertz CT molecular complexity index is 1020. The summed E-state index contributed by atoms with van der Waals surface area (Å²) in [6.45, 7) is 3.87. The standard InChI is InChI=1S/C26H33N2O6/c1-3-33-23(29)11-16(2)10-22-25(31)24(30)20(15-34-22)14-28-26(32)21(27)13-17-8-9-18-6-4-5-7-19(18)12-17/h4-9,11-12,20-22,24-25,30-31H,3,10,13-15,27H2,1-2H3/b16-11+/t20-,21+,22+,24-,25+/m1/s1. The molecule has 0 saturated carbocycles. The van der Waals surface area contributed by atoms with Crippen LogP contribution in [0.25, 0.3) is 10.8 Å². The Hall–Kier alpha value is -2.78. The first-order valence-electron chi connectivity index (χ1n) is 11.5. The minimum atomic E-state index is -1.17. The number of aliphatic hydroxyl groups excluding tert-OH is 2. The molecule has 1 saturated heterocycles. The lowest BCUT2D eigenvalue weighted by atomic mass is 9.89. The van der Waals surface area contributed by atoms with Gasteiger partial charge in [0.25, 0.3) is 5.91 Å². The Morgan fingerprint density at radius 2 is 1.94 bits per heavy atom. The first kappa shape index (κ1) is 25.8. The van der Waals surface area contributed by atoms with Crippen LogP contribution in [0.15, 0.2) is 54.1 Å². The van der Waals surface area contributed by atoms with Crippen molar-refractivity contribution in [1.82, 2.24) is 5.32 Å².